The zero-order valence-corrected chi connectivity index (χ0v) is 10.5. The standard InChI is InChI=1S/C14H14N2O3/c1-19-11-4-2-10(3-5-11)12-8-9-15-13(16-12)6-7-14(17)18/h2-5,8-9H,6-7H2,1H3,(H,17,18). The van der Waals surface area contributed by atoms with Crippen molar-refractivity contribution in [3.05, 3.63) is 42.4 Å². The number of hydrogen-bond donors (Lipinski definition) is 1. The summed E-state index contributed by atoms with van der Waals surface area (Å²) >= 11 is 0. The largest absolute Gasteiger partial charge is 0.497 e. The molecule has 1 aromatic heterocycles. The van der Waals surface area contributed by atoms with Crippen LogP contribution in [0.1, 0.15) is 12.2 Å². The second-order valence-corrected chi connectivity index (χ2v) is 3.98. The monoisotopic (exact) mass is 258 g/mol. The Kier molecular flexibility index (Phi) is 4.07. The molecule has 0 saturated carbocycles. The number of hydrogen-bond acceptors (Lipinski definition) is 4. The van der Waals surface area contributed by atoms with Crippen molar-refractivity contribution in [3.8, 4) is 17.0 Å². The lowest BCUT2D eigenvalue weighted by Crippen LogP contribution is -2.02. The topological polar surface area (TPSA) is 72.3 Å². The van der Waals surface area contributed by atoms with Crippen LogP contribution in [-0.2, 0) is 11.2 Å². The van der Waals surface area contributed by atoms with Crippen molar-refractivity contribution in [3.63, 3.8) is 0 Å². The molecule has 0 radical (unpaired) electrons. The first-order valence-electron chi connectivity index (χ1n) is 5.87. The molecule has 0 bridgehead atoms. The van der Waals surface area contributed by atoms with Crippen LogP contribution in [0.3, 0.4) is 0 Å². The van der Waals surface area contributed by atoms with E-state index in [-0.39, 0.29) is 6.42 Å². The molecule has 0 aliphatic heterocycles. The average Bonchev–Trinajstić information content (AvgIpc) is 2.45. The normalized spacial score (nSPS) is 10.2. The van der Waals surface area contributed by atoms with Crippen molar-refractivity contribution in [2.24, 2.45) is 0 Å². The van der Waals surface area contributed by atoms with Gasteiger partial charge in [0.1, 0.15) is 11.6 Å². The summed E-state index contributed by atoms with van der Waals surface area (Å²) in [4.78, 5) is 19.0. The maximum absolute atomic E-state index is 10.5. The van der Waals surface area contributed by atoms with Gasteiger partial charge < -0.3 is 9.84 Å². The fraction of sp³-hybridized carbons (Fsp3) is 0.214. The van der Waals surface area contributed by atoms with Crippen molar-refractivity contribution >= 4 is 5.97 Å². The van der Waals surface area contributed by atoms with Gasteiger partial charge in [0, 0.05) is 18.2 Å². The third-order valence-electron chi connectivity index (χ3n) is 2.65. The van der Waals surface area contributed by atoms with Gasteiger partial charge in [-0.15, -0.1) is 0 Å². The zero-order valence-electron chi connectivity index (χ0n) is 10.5. The zero-order chi connectivity index (χ0) is 13.7. The van der Waals surface area contributed by atoms with Crippen LogP contribution in [0.25, 0.3) is 11.3 Å². The number of rotatable bonds is 5. The van der Waals surface area contributed by atoms with Crippen molar-refractivity contribution in [1.82, 2.24) is 9.97 Å². The molecule has 0 aliphatic carbocycles. The van der Waals surface area contributed by atoms with Crippen molar-refractivity contribution in [2.75, 3.05) is 7.11 Å². The molecular formula is C14H14N2O3. The second kappa shape index (κ2) is 5.95. The lowest BCUT2D eigenvalue weighted by Gasteiger charge is -2.04. The molecular weight excluding hydrogens is 244 g/mol. The third kappa shape index (κ3) is 3.51. The highest BCUT2D eigenvalue weighted by atomic mass is 16.5. The summed E-state index contributed by atoms with van der Waals surface area (Å²) in [6.07, 6.45) is 2.01. The number of ether oxygens (including phenoxy) is 1. The Bertz CT molecular complexity index is 567. The highest BCUT2D eigenvalue weighted by molar-refractivity contribution is 5.67. The molecule has 1 heterocycles. The number of aryl methyl sites for hydroxylation is 1. The van der Waals surface area contributed by atoms with Gasteiger partial charge in [-0.05, 0) is 30.3 Å². The van der Waals surface area contributed by atoms with E-state index >= 15 is 0 Å². The number of carboxylic acid groups (broad SMARTS) is 1. The highest BCUT2D eigenvalue weighted by Gasteiger charge is 2.05. The van der Waals surface area contributed by atoms with E-state index in [1.54, 1.807) is 19.4 Å². The molecule has 19 heavy (non-hydrogen) atoms. The van der Waals surface area contributed by atoms with Crippen LogP contribution in [0.2, 0.25) is 0 Å². The first-order chi connectivity index (χ1) is 9.19. The van der Waals surface area contributed by atoms with Gasteiger partial charge in [0.25, 0.3) is 0 Å². The number of benzene rings is 1. The van der Waals surface area contributed by atoms with Gasteiger partial charge in [-0.3, -0.25) is 4.79 Å². The summed E-state index contributed by atoms with van der Waals surface area (Å²) < 4.78 is 5.10. The number of aromatic nitrogens is 2. The van der Waals surface area contributed by atoms with Gasteiger partial charge in [-0.2, -0.15) is 0 Å². The maximum Gasteiger partial charge on any atom is 0.303 e. The number of methoxy groups -OCH3 is 1. The van der Waals surface area contributed by atoms with E-state index in [1.165, 1.54) is 0 Å². The van der Waals surface area contributed by atoms with Gasteiger partial charge in [0.05, 0.1) is 19.2 Å². The van der Waals surface area contributed by atoms with Crippen molar-refractivity contribution in [1.29, 1.82) is 0 Å². The molecule has 5 heteroatoms. The molecule has 1 N–H and O–H groups in total. The molecule has 0 fully saturated rings. The predicted molar refractivity (Wildman–Crippen MR) is 70.0 cm³/mol. The van der Waals surface area contributed by atoms with E-state index in [0.717, 1.165) is 17.0 Å². The second-order valence-electron chi connectivity index (χ2n) is 3.98. The summed E-state index contributed by atoms with van der Waals surface area (Å²) in [7, 11) is 1.61. The van der Waals surface area contributed by atoms with Crippen LogP contribution in [0, 0.1) is 0 Å². The van der Waals surface area contributed by atoms with Crippen LogP contribution in [0.4, 0.5) is 0 Å². The molecule has 0 spiro atoms. The smallest absolute Gasteiger partial charge is 0.303 e. The quantitative estimate of drug-likeness (QED) is 0.889. The first-order valence-corrected chi connectivity index (χ1v) is 5.87. The Balaban J connectivity index is 2.19. The minimum Gasteiger partial charge on any atom is -0.497 e. The van der Waals surface area contributed by atoms with Gasteiger partial charge >= 0.3 is 5.97 Å². The molecule has 1 aromatic carbocycles. The van der Waals surface area contributed by atoms with Crippen LogP contribution in [0.15, 0.2) is 36.5 Å². The summed E-state index contributed by atoms with van der Waals surface area (Å²) in [5, 5.41) is 8.65. The summed E-state index contributed by atoms with van der Waals surface area (Å²) in [5.74, 6) is 0.470. The molecule has 0 unspecified atom stereocenters. The molecule has 5 nitrogen and oxygen atoms in total. The van der Waals surface area contributed by atoms with E-state index in [4.69, 9.17) is 9.84 Å². The van der Waals surface area contributed by atoms with Gasteiger partial charge in [0.15, 0.2) is 0 Å². The Morgan fingerprint density at radius 2 is 2.00 bits per heavy atom. The fourth-order valence-electron chi connectivity index (χ4n) is 1.66. The Morgan fingerprint density at radius 1 is 1.26 bits per heavy atom. The van der Waals surface area contributed by atoms with E-state index in [1.807, 2.05) is 24.3 Å². The maximum atomic E-state index is 10.5. The molecule has 2 aromatic rings. The highest BCUT2D eigenvalue weighted by Crippen LogP contribution is 2.20. The number of carbonyl (C=O) groups is 1. The Morgan fingerprint density at radius 3 is 2.63 bits per heavy atom. The summed E-state index contributed by atoms with van der Waals surface area (Å²) in [6.45, 7) is 0. The lowest BCUT2D eigenvalue weighted by molar-refractivity contribution is -0.137. The van der Waals surface area contributed by atoms with Crippen LogP contribution in [-0.4, -0.2) is 28.2 Å². The van der Waals surface area contributed by atoms with Crippen LogP contribution in [0.5, 0.6) is 5.75 Å². The van der Waals surface area contributed by atoms with Gasteiger partial charge in [-0.25, -0.2) is 9.97 Å². The molecule has 0 atom stereocenters. The van der Waals surface area contributed by atoms with Gasteiger partial charge in [-0.1, -0.05) is 0 Å². The summed E-state index contributed by atoms with van der Waals surface area (Å²) in [5.41, 5.74) is 1.72. The lowest BCUT2D eigenvalue weighted by atomic mass is 10.1. The molecule has 0 amide bonds. The fourth-order valence-corrected chi connectivity index (χ4v) is 1.66. The number of aliphatic carboxylic acids is 1. The SMILES string of the molecule is COc1ccc(-c2ccnc(CCC(=O)O)n2)cc1. The average molecular weight is 258 g/mol. The third-order valence-corrected chi connectivity index (χ3v) is 2.65. The van der Waals surface area contributed by atoms with E-state index in [9.17, 15) is 4.79 Å². The van der Waals surface area contributed by atoms with E-state index < -0.39 is 5.97 Å². The number of nitrogens with zero attached hydrogens (tertiary/aromatic N) is 2. The number of carboxylic acids is 1. The molecule has 98 valence electrons. The summed E-state index contributed by atoms with van der Waals surface area (Å²) in [6, 6.07) is 9.32. The van der Waals surface area contributed by atoms with Crippen molar-refractivity contribution in [2.45, 2.75) is 12.8 Å². The molecule has 0 aliphatic rings. The van der Waals surface area contributed by atoms with Crippen LogP contribution < -0.4 is 4.74 Å². The first kappa shape index (κ1) is 13.0. The Labute approximate surface area is 110 Å². The van der Waals surface area contributed by atoms with Crippen LogP contribution >= 0.6 is 0 Å². The Hall–Kier alpha value is -2.43. The molecule has 0 saturated heterocycles. The minimum atomic E-state index is -0.849. The van der Waals surface area contributed by atoms with E-state index in [2.05, 4.69) is 9.97 Å². The van der Waals surface area contributed by atoms with Gasteiger partial charge in [0.2, 0.25) is 0 Å². The predicted octanol–water partition coefficient (Wildman–Crippen LogP) is 2.17. The van der Waals surface area contributed by atoms with Crippen molar-refractivity contribution < 1.29 is 14.6 Å². The minimum absolute atomic E-state index is 0.0338. The molecule has 2 rings (SSSR count). The van der Waals surface area contributed by atoms with E-state index in [0.29, 0.717) is 12.2 Å².